The zero-order chi connectivity index (χ0) is 19.0. The van der Waals surface area contributed by atoms with E-state index in [2.05, 4.69) is 26.8 Å². The lowest BCUT2D eigenvalue weighted by molar-refractivity contribution is 0.0406. The fourth-order valence-electron chi connectivity index (χ4n) is 6.38. The standard InChI is InChI=1S/C25H26O2/c1-24(2)11-6-12-25(3)20-14-19-18(13-15(20)9-10-21(24)25)22(26)16-7-4-5-8-17(16)23(19)27/h4-5,7-8,13-14,21H,6,9-12H2,1-3H3/t21-,25+/m0/s1. The molecule has 2 heteroatoms. The van der Waals surface area contributed by atoms with Crippen molar-refractivity contribution in [3.05, 3.63) is 69.8 Å². The molecule has 0 aromatic heterocycles. The van der Waals surface area contributed by atoms with E-state index in [-0.39, 0.29) is 17.0 Å². The molecule has 27 heavy (non-hydrogen) atoms. The monoisotopic (exact) mass is 358 g/mol. The Balaban J connectivity index is 1.71. The van der Waals surface area contributed by atoms with E-state index >= 15 is 0 Å². The maximum absolute atomic E-state index is 13.2. The summed E-state index contributed by atoms with van der Waals surface area (Å²) in [6, 6.07) is 11.4. The maximum atomic E-state index is 13.2. The van der Waals surface area contributed by atoms with Crippen molar-refractivity contribution in [2.24, 2.45) is 11.3 Å². The predicted molar refractivity (Wildman–Crippen MR) is 107 cm³/mol. The van der Waals surface area contributed by atoms with Crippen molar-refractivity contribution >= 4 is 11.6 Å². The molecule has 0 spiro atoms. The minimum absolute atomic E-state index is 0.000694. The second-order valence-electron chi connectivity index (χ2n) is 9.61. The van der Waals surface area contributed by atoms with Gasteiger partial charge in [-0.05, 0) is 65.7 Å². The van der Waals surface area contributed by atoms with Gasteiger partial charge >= 0.3 is 0 Å². The van der Waals surface area contributed by atoms with Crippen molar-refractivity contribution in [2.75, 3.05) is 0 Å². The van der Waals surface area contributed by atoms with E-state index in [1.54, 1.807) is 12.1 Å². The van der Waals surface area contributed by atoms with Gasteiger partial charge in [0.25, 0.3) is 0 Å². The SMILES string of the molecule is CC1(C)CCC[C@]2(C)c3cc4c(cc3CC[C@@H]12)C(=O)c1ccccc1C4=O. The normalized spacial score (nSPS) is 28.0. The van der Waals surface area contributed by atoms with Crippen LogP contribution in [0.2, 0.25) is 0 Å². The van der Waals surface area contributed by atoms with Crippen LogP contribution in [0.1, 0.15) is 89.4 Å². The molecule has 0 amide bonds. The van der Waals surface area contributed by atoms with Crippen molar-refractivity contribution in [3.8, 4) is 0 Å². The van der Waals surface area contributed by atoms with Crippen LogP contribution in [-0.4, -0.2) is 11.6 Å². The molecule has 2 nitrogen and oxygen atoms in total. The van der Waals surface area contributed by atoms with Crippen LogP contribution in [0.4, 0.5) is 0 Å². The average Bonchev–Trinajstić information content (AvgIpc) is 2.64. The van der Waals surface area contributed by atoms with E-state index in [9.17, 15) is 9.59 Å². The van der Waals surface area contributed by atoms with E-state index in [0.717, 1.165) is 6.42 Å². The third-order valence-electron chi connectivity index (χ3n) is 7.70. The number of carbonyl (C=O) groups is 2. The Morgan fingerprint density at radius 2 is 1.48 bits per heavy atom. The molecule has 0 saturated heterocycles. The van der Waals surface area contributed by atoms with Crippen LogP contribution in [0.3, 0.4) is 0 Å². The van der Waals surface area contributed by atoms with Crippen molar-refractivity contribution in [1.82, 2.24) is 0 Å². The molecule has 0 aliphatic heterocycles. The van der Waals surface area contributed by atoms with Crippen molar-refractivity contribution in [3.63, 3.8) is 0 Å². The van der Waals surface area contributed by atoms with Gasteiger partial charge in [-0.15, -0.1) is 0 Å². The maximum Gasteiger partial charge on any atom is 0.194 e. The number of aryl methyl sites for hydroxylation is 1. The smallest absolute Gasteiger partial charge is 0.194 e. The van der Waals surface area contributed by atoms with Crippen LogP contribution >= 0.6 is 0 Å². The molecule has 5 rings (SSSR count). The Hall–Kier alpha value is -2.22. The summed E-state index contributed by atoms with van der Waals surface area (Å²) >= 11 is 0. The molecule has 0 bridgehead atoms. The van der Waals surface area contributed by atoms with Crippen LogP contribution in [0.5, 0.6) is 0 Å². The first-order valence-corrected chi connectivity index (χ1v) is 10.2. The van der Waals surface area contributed by atoms with Gasteiger partial charge in [-0.25, -0.2) is 0 Å². The number of benzene rings is 2. The summed E-state index contributed by atoms with van der Waals surface area (Å²) in [6.07, 6.45) is 5.86. The first-order valence-electron chi connectivity index (χ1n) is 10.2. The Morgan fingerprint density at radius 3 is 2.15 bits per heavy atom. The van der Waals surface area contributed by atoms with Gasteiger partial charge < -0.3 is 0 Å². The van der Waals surface area contributed by atoms with Crippen molar-refractivity contribution in [1.29, 1.82) is 0 Å². The third kappa shape index (κ3) is 2.19. The molecule has 0 heterocycles. The molecule has 2 atom stereocenters. The molecule has 2 aromatic rings. The lowest BCUT2D eigenvalue weighted by Crippen LogP contribution is -2.48. The summed E-state index contributed by atoms with van der Waals surface area (Å²) in [5.41, 5.74) is 5.36. The summed E-state index contributed by atoms with van der Waals surface area (Å²) in [5, 5.41) is 0. The number of rotatable bonds is 0. The Kier molecular flexibility index (Phi) is 3.39. The van der Waals surface area contributed by atoms with Crippen LogP contribution in [0.15, 0.2) is 36.4 Å². The molecule has 3 aliphatic rings. The zero-order valence-corrected chi connectivity index (χ0v) is 16.4. The number of fused-ring (bicyclic) bond motifs is 5. The molecule has 0 N–H and O–H groups in total. The molecule has 0 unspecified atom stereocenters. The summed E-state index contributed by atoms with van der Waals surface area (Å²) in [6.45, 7) is 7.21. The molecule has 138 valence electrons. The minimum Gasteiger partial charge on any atom is -0.289 e. The van der Waals surface area contributed by atoms with Crippen LogP contribution in [-0.2, 0) is 11.8 Å². The zero-order valence-electron chi connectivity index (χ0n) is 16.4. The lowest BCUT2D eigenvalue weighted by atomic mass is 9.50. The van der Waals surface area contributed by atoms with Gasteiger partial charge in [-0.1, -0.05) is 51.5 Å². The number of carbonyl (C=O) groups excluding carboxylic acids is 2. The van der Waals surface area contributed by atoms with E-state index in [1.165, 1.54) is 36.8 Å². The topological polar surface area (TPSA) is 34.1 Å². The van der Waals surface area contributed by atoms with E-state index in [1.807, 2.05) is 18.2 Å². The van der Waals surface area contributed by atoms with E-state index in [4.69, 9.17) is 0 Å². The number of ketones is 2. The summed E-state index contributed by atoms with van der Waals surface area (Å²) < 4.78 is 0. The van der Waals surface area contributed by atoms with Gasteiger partial charge in [-0.2, -0.15) is 0 Å². The summed E-state index contributed by atoms with van der Waals surface area (Å²) in [4.78, 5) is 26.2. The van der Waals surface area contributed by atoms with Gasteiger partial charge in [-0.3, -0.25) is 9.59 Å². The summed E-state index contributed by atoms with van der Waals surface area (Å²) in [7, 11) is 0. The molecule has 2 aromatic carbocycles. The lowest BCUT2D eigenvalue weighted by Gasteiger charge is -2.54. The molecular formula is C25H26O2. The largest absolute Gasteiger partial charge is 0.289 e. The number of hydrogen-bond donors (Lipinski definition) is 0. The van der Waals surface area contributed by atoms with Crippen molar-refractivity contribution in [2.45, 2.75) is 58.3 Å². The first kappa shape index (κ1) is 16.9. The highest BCUT2D eigenvalue weighted by Crippen LogP contribution is 2.57. The van der Waals surface area contributed by atoms with Gasteiger partial charge in [0.2, 0.25) is 0 Å². The fraction of sp³-hybridized carbons (Fsp3) is 0.440. The van der Waals surface area contributed by atoms with Gasteiger partial charge in [0.1, 0.15) is 0 Å². The fourth-order valence-corrected chi connectivity index (χ4v) is 6.38. The summed E-state index contributed by atoms with van der Waals surface area (Å²) in [5.74, 6) is 0.633. The first-order chi connectivity index (χ1) is 12.8. The average molecular weight is 358 g/mol. The molecule has 1 saturated carbocycles. The van der Waals surface area contributed by atoms with E-state index in [0.29, 0.717) is 33.6 Å². The van der Waals surface area contributed by atoms with Gasteiger partial charge in [0.05, 0.1) is 0 Å². The Bertz CT molecular complexity index is 997. The molecular weight excluding hydrogens is 332 g/mol. The highest BCUT2D eigenvalue weighted by Gasteiger charge is 2.50. The van der Waals surface area contributed by atoms with Gasteiger partial charge in [0, 0.05) is 22.3 Å². The van der Waals surface area contributed by atoms with Crippen molar-refractivity contribution < 1.29 is 9.59 Å². The molecule has 0 radical (unpaired) electrons. The molecule has 1 fully saturated rings. The van der Waals surface area contributed by atoms with Gasteiger partial charge in [0.15, 0.2) is 11.6 Å². The van der Waals surface area contributed by atoms with E-state index < -0.39 is 0 Å². The predicted octanol–water partition coefficient (Wildman–Crippen LogP) is 5.49. The minimum atomic E-state index is -0.000694. The highest BCUT2D eigenvalue weighted by atomic mass is 16.1. The van der Waals surface area contributed by atoms with Crippen LogP contribution in [0, 0.1) is 11.3 Å². The van der Waals surface area contributed by atoms with Crippen LogP contribution in [0.25, 0.3) is 0 Å². The van der Waals surface area contributed by atoms with Crippen LogP contribution < -0.4 is 0 Å². The third-order valence-corrected chi connectivity index (χ3v) is 7.70. The molecule has 3 aliphatic carbocycles. The number of hydrogen-bond acceptors (Lipinski definition) is 2. The second-order valence-corrected chi connectivity index (χ2v) is 9.61. The highest BCUT2D eigenvalue weighted by molar-refractivity contribution is 6.28. The Morgan fingerprint density at radius 1 is 0.852 bits per heavy atom. The quantitative estimate of drug-likeness (QED) is 0.532. The second kappa shape index (κ2) is 5.41. The Labute approximate surface area is 161 Å².